The van der Waals surface area contributed by atoms with Gasteiger partial charge < -0.3 is 9.64 Å². The predicted octanol–water partition coefficient (Wildman–Crippen LogP) is 3.92. The molecule has 1 saturated heterocycles. The molecule has 0 bridgehead atoms. The molecule has 39 heavy (non-hydrogen) atoms. The first kappa shape index (κ1) is 26.1. The maximum absolute atomic E-state index is 13.6. The molecule has 2 N–H and O–H groups in total. The van der Waals surface area contributed by atoms with E-state index in [4.69, 9.17) is 4.74 Å². The van der Waals surface area contributed by atoms with Gasteiger partial charge in [0.1, 0.15) is 17.8 Å². The Morgan fingerprint density at radius 3 is 2.41 bits per heavy atom. The summed E-state index contributed by atoms with van der Waals surface area (Å²) in [7, 11) is 0. The van der Waals surface area contributed by atoms with E-state index in [-0.39, 0.29) is 31.6 Å². The number of alkyl halides is 3. The standard InChI is InChI=1S/C27H23F3N4O5/c1-15-12-16(20-4-2-3-5-21(20)31-15)14-39-19-8-6-17(7-9-19)34(24(37)27(28,29)30)18-10-11-26(13-18)22(35)32-25(38)33-23(26)36/h2-9,12,18H,10-11,13-14H2,1H3,(H2,32,33,35,36,38)/t18-/m0/s1. The van der Waals surface area contributed by atoms with Crippen molar-refractivity contribution < 1.29 is 37.1 Å². The summed E-state index contributed by atoms with van der Waals surface area (Å²) in [5.41, 5.74) is 0.700. The van der Waals surface area contributed by atoms with Crippen LogP contribution in [0.4, 0.5) is 23.7 Å². The van der Waals surface area contributed by atoms with Gasteiger partial charge in [-0.05, 0) is 62.6 Å². The molecule has 12 heteroatoms. The summed E-state index contributed by atoms with van der Waals surface area (Å²) in [4.78, 5) is 54.0. The monoisotopic (exact) mass is 540 g/mol. The quantitative estimate of drug-likeness (QED) is 0.474. The zero-order valence-corrected chi connectivity index (χ0v) is 20.7. The number of ether oxygens (including phenoxy) is 1. The third-order valence-corrected chi connectivity index (χ3v) is 7.08. The van der Waals surface area contributed by atoms with E-state index in [1.165, 1.54) is 24.3 Å². The third-order valence-electron chi connectivity index (χ3n) is 7.08. The molecule has 1 saturated carbocycles. The Morgan fingerprint density at radius 1 is 1.08 bits per heavy atom. The number of para-hydroxylation sites is 1. The van der Waals surface area contributed by atoms with Gasteiger partial charge in [-0.3, -0.25) is 30.0 Å². The van der Waals surface area contributed by atoms with Crippen LogP contribution in [-0.4, -0.2) is 41.0 Å². The number of urea groups is 1. The molecule has 1 aliphatic carbocycles. The Bertz CT molecular complexity index is 1470. The van der Waals surface area contributed by atoms with Crippen molar-refractivity contribution >= 4 is 40.3 Å². The number of amides is 5. The number of carbonyl (C=O) groups excluding carboxylic acids is 4. The van der Waals surface area contributed by atoms with Crippen LogP contribution in [0.3, 0.4) is 0 Å². The average Bonchev–Trinajstić information content (AvgIpc) is 3.32. The minimum absolute atomic E-state index is 0.0520. The van der Waals surface area contributed by atoms with Crippen molar-refractivity contribution in [3.8, 4) is 5.75 Å². The maximum Gasteiger partial charge on any atom is 0.471 e. The van der Waals surface area contributed by atoms with E-state index in [9.17, 15) is 32.3 Å². The predicted molar refractivity (Wildman–Crippen MR) is 133 cm³/mol. The number of imide groups is 2. The Hall–Kier alpha value is -4.48. The van der Waals surface area contributed by atoms with E-state index in [2.05, 4.69) is 4.98 Å². The first-order chi connectivity index (χ1) is 18.5. The summed E-state index contributed by atoms with van der Waals surface area (Å²) in [5.74, 6) is -3.53. The molecule has 1 spiro atoms. The van der Waals surface area contributed by atoms with Crippen LogP contribution in [0.1, 0.15) is 30.5 Å². The first-order valence-electron chi connectivity index (χ1n) is 12.1. The van der Waals surface area contributed by atoms with Crippen molar-refractivity contribution in [2.75, 3.05) is 4.90 Å². The van der Waals surface area contributed by atoms with Crippen LogP contribution in [0.25, 0.3) is 10.9 Å². The highest BCUT2D eigenvalue weighted by Gasteiger charge is 2.57. The van der Waals surface area contributed by atoms with Gasteiger partial charge in [-0.1, -0.05) is 18.2 Å². The fraction of sp³-hybridized carbons (Fsp3) is 0.296. The minimum Gasteiger partial charge on any atom is -0.489 e. The lowest BCUT2D eigenvalue weighted by Gasteiger charge is -2.33. The lowest BCUT2D eigenvalue weighted by molar-refractivity contribution is -0.171. The van der Waals surface area contributed by atoms with Gasteiger partial charge in [-0.2, -0.15) is 13.2 Å². The van der Waals surface area contributed by atoms with Crippen molar-refractivity contribution in [2.24, 2.45) is 5.41 Å². The van der Waals surface area contributed by atoms with Gasteiger partial charge in [-0.15, -0.1) is 0 Å². The second-order valence-corrected chi connectivity index (χ2v) is 9.61. The topological polar surface area (TPSA) is 118 Å². The molecule has 202 valence electrons. The Labute approximate surface area is 220 Å². The number of carbonyl (C=O) groups is 4. The van der Waals surface area contributed by atoms with E-state index in [1.54, 1.807) is 0 Å². The molecule has 0 unspecified atom stereocenters. The number of nitrogens with one attached hydrogen (secondary N) is 2. The molecular formula is C27H23F3N4O5. The molecule has 1 aromatic heterocycles. The number of hydrogen-bond donors (Lipinski definition) is 2. The number of barbiturate groups is 1. The molecule has 9 nitrogen and oxygen atoms in total. The van der Waals surface area contributed by atoms with Crippen molar-refractivity contribution in [1.82, 2.24) is 15.6 Å². The fourth-order valence-corrected chi connectivity index (χ4v) is 5.24. The molecule has 1 aliphatic heterocycles. The summed E-state index contributed by atoms with van der Waals surface area (Å²) in [6.45, 7) is 2.05. The van der Waals surface area contributed by atoms with Crippen LogP contribution < -0.4 is 20.3 Å². The number of aryl methyl sites for hydroxylation is 1. The lowest BCUT2D eigenvalue weighted by atomic mass is 9.82. The SMILES string of the molecule is Cc1cc(COc2ccc(N(C(=O)C(F)(F)F)[C@H]3CCC4(C3)C(=O)NC(=O)NC4=O)cc2)c2ccccc2n1. The number of anilines is 1. The van der Waals surface area contributed by atoms with Gasteiger partial charge in [0, 0.05) is 28.4 Å². The summed E-state index contributed by atoms with van der Waals surface area (Å²) < 4.78 is 46.7. The van der Waals surface area contributed by atoms with E-state index in [0.717, 1.165) is 22.2 Å². The van der Waals surface area contributed by atoms with E-state index >= 15 is 0 Å². The fourth-order valence-electron chi connectivity index (χ4n) is 5.24. The van der Waals surface area contributed by atoms with Crippen LogP contribution in [0.2, 0.25) is 0 Å². The zero-order chi connectivity index (χ0) is 27.9. The van der Waals surface area contributed by atoms with Gasteiger partial charge in [0.15, 0.2) is 0 Å². The minimum atomic E-state index is -5.20. The molecule has 1 atom stereocenters. The van der Waals surface area contributed by atoms with Crippen LogP contribution >= 0.6 is 0 Å². The first-order valence-corrected chi connectivity index (χ1v) is 12.1. The highest BCUT2D eigenvalue weighted by Crippen LogP contribution is 2.44. The number of benzene rings is 2. The number of hydrogen-bond acceptors (Lipinski definition) is 6. The van der Waals surface area contributed by atoms with Gasteiger partial charge in [-0.25, -0.2) is 4.79 Å². The summed E-state index contributed by atoms with van der Waals surface area (Å²) in [5, 5.41) is 4.90. The average molecular weight is 540 g/mol. The lowest BCUT2D eigenvalue weighted by Crippen LogP contribution is -2.62. The van der Waals surface area contributed by atoms with Gasteiger partial charge >= 0.3 is 18.1 Å². The van der Waals surface area contributed by atoms with Gasteiger partial charge in [0.2, 0.25) is 11.8 Å². The van der Waals surface area contributed by atoms with E-state index in [1.807, 2.05) is 47.9 Å². The number of fused-ring (bicyclic) bond motifs is 1. The van der Waals surface area contributed by atoms with E-state index in [0.29, 0.717) is 10.6 Å². The number of rotatable bonds is 5. The van der Waals surface area contributed by atoms with Crippen LogP contribution in [0.15, 0.2) is 54.6 Å². The Morgan fingerprint density at radius 2 is 1.74 bits per heavy atom. The molecular weight excluding hydrogens is 517 g/mol. The van der Waals surface area contributed by atoms with Crippen LogP contribution in [0, 0.1) is 12.3 Å². The second kappa shape index (κ2) is 9.68. The summed E-state index contributed by atoms with van der Waals surface area (Å²) in [6, 6.07) is 12.9. The van der Waals surface area contributed by atoms with Crippen molar-refractivity contribution in [3.63, 3.8) is 0 Å². The number of pyridine rings is 1. The molecule has 2 fully saturated rings. The maximum atomic E-state index is 13.6. The number of aromatic nitrogens is 1. The summed E-state index contributed by atoms with van der Waals surface area (Å²) >= 11 is 0. The summed E-state index contributed by atoms with van der Waals surface area (Å²) in [6.07, 6.45) is -5.74. The highest BCUT2D eigenvalue weighted by atomic mass is 19.4. The zero-order valence-electron chi connectivity index (χ0n) is 20.7. The van der Waals surface area contributed by atoms with E-state index < -0.39 is 41.4 Å². The molecule has 2 aliphatic rings. The largest absolute Gasteiger partial charge is 0.489 e. The normalized spacial score (nSPS) is 18.7. The Balaban J connectivity index is 1.38. The van der Waals surface area contributed by atoms with Gasteiger partial charge in [0.25, 0.3) is 0 Å². The smallest absolute Gasteiger partial charge is 0.471 e. The van der Waals surface area contributed by atoms with Crippen LogP contribution in [0.5, 0.6) is 5.75 Å². The van der Waals surface area contributed by atoms with Gasteiger partial charge in [0.05, 0.1) is 5.52 Å². The molecule has 2 heterocycles. The molecule has 0 radical (unpaired) electrons. The third kappa shape index (κ3) is 4.89. The molecule has 5 rings (SSSR count). The van der Waals surface area contributed by atoms with Crippen molar-refractivity contribution in [2.45, 2.75) is 45.0 Å². The van der Waals surface area contributed by atoms with Crippen molar-refractivity contribution in [1.29, 1.82) is 0 Å². The van der Waals surface area contributed by atoms with Crippen LogP contribution in [-0.2, 0) is 21.0 Å². The van der Waals surface area contributed by atoms with Crippen molar-refractivity contribution in [3.05, 3.63) is 65.9 Å². The number of nitrogens with zero attached hydrogens (tertiary/aromatic N) is 2. The highest BCUT2D eigenvalue weighted by molar-refractivity contribution is 6.19. The molecule has 2 aromatic carbocycles. The number of halogens is 3. The Kier molecular flexibility index (Phi) is 6.49. The molecule has 3 aromatic rings. The molecule has 5 amide bonds. The second-order valence-electron chi connectivity index (χ2n) is 9.61.